The van der Waals surface area contributed by atoms with E-state index >= 15 is 0 Å². The van der Waals surface area contributed by atoms with Gasteiger partial charge in [-0.2, -0.15) is 0 Å². The molecule has 0 aliphatic carbocycles. The molecular formula is C12H15NOS. The van der Waals surface area contributed by atoms with E-state index in [1.54, 1.807) is 12.1 Å². The van der Waals surface area contributed by atoms with Crippen LogP contribution < -0.4 is 0 Å². The van der Waals surface area contributed by atoms with Crippen LogP contribution in [0.15, 0.2) is 17.1 Å². The van der Waals surface area contributed by atoms with Crippen molar-refractivity contribution in [3.63, 3.8) is 0 Å². The molecule has 1 N–H and O–H groups in total. The standard InChI is InChI=1S/C12H15NOS/c1-7-4-10(14)5-8(2)11(7)12-13-6-9(3)15-12/h4-5,9,14H,6H2,1-3H3. The summed E-state index contributed by atoms with van der Waals surface area (Å²) >= 11 is 1.82. The second kappa shape index (κ2) is 3.89. The molecule has 2 nitrogen and oxygen atoms in total. The first-order valence-corrected chi connectivity index (χ1v) is 5.97. The van der Waals surface area contributed by atoms with E-state index in [1.165, 1.54) is 5.56 Å². The molecule has 1 aliphatic heterocycles. The summed E-state index contributed by atoms with van der Waals surface area (Å²) in [7, 11) is 0. The van der Waals surface area contributed by atoms with E-state index in [9.17, 15) is 5.11 Å². The molecule has 1 atom stereocenters. The highest BCUT2D eigenvalue weighted by atomic mass is 32.2. The highest BCUT2D eigenvalue weighted by Crippen LogP contribution is 2.30. The van der Waals surface area contributed by atoms with Crippen molar-refractivity contribution < 1.29 is 5.11 Å². The summed E-state index contributed by atoms with van der Waals surface area (Å²) in [6.45, 7) is 7.13. The molecule has 0 saturated carbocycles. The SMILES string of the molecule is Cc1cc(O)cc(C)c1C1=NCC(C)S1. The van der Waals surface area contributed by atoms with Crippen molar-refractivity contribution >= 4 is 16.8 Å². The number of aromatic hydroxyl groups is 1. The Labute approximate surface area is 94.4 Å². The van der Waals surface area contributed by atoms with E-state index in [0.29, 0.717) is 11.0 Å². The van der Waals surface area contributed by atoms with Gasteiger partial charge in [0.15, 0.2) is 0 Å². The van der Waals surface area contributed by atoms with Crippen LogP contribution in [0.3, 0.4) is 0 Å². The lowest BCUT2D eigenvalue weighted by molar-refractivity contribution is 0.474. The Morgan fingerprint density at radius 2 is 1.93 bits per heavy atom. The highest BCUT2D eigenvalue weighted by molar-refractivity contribution is 8.15. The molecule has 0 amide bonds. The van der Waals surface area contributed by atoms with E-state index in [-0.39, 0.29) is 0 Å². The molecule has 0 fully saturated rings. The van der Waals surface area contributed by atoms with Gasteiger partial charge in [-0.25, -0.2) is 0 Å². The van der Waals surface area contributed by atoms with Crippen molar-refractivity contribution in [2.45, 2.75) is 26.0 Å². The molecule has 1 aromatic carbocycles. The number of hydrogen-bond donors (Lipinski definition) is 1. The summed E-state index contributed by atoms with van der Waals surface area (Å²) in [6.07, 6.45) is 0. The maximum absolute atomic E-state index is 9.47. The molecular weight excluding hydrogens is 206 g/mol. The van der Waals surface area contributed by atoms with Gasteiger partial charge in [0.2, 0.25) is 0 Å². The van der Waals surface area contributed by atoms with Crippen molar-refractivity contribution in [1.82, 2.24) is 0 Å². The first-order valence-electron chi connectivity index (χ1n) is 5.09. The molecule has 3 heteroatoms. The lowest BCUT2D eigenvalue weighted by atomic mass is 10.0. The number of aliphatic imine (C=N–C) groups is 1. The number of nitrogens with zero attached hydrogens (tertiary/aromatic N) is 1. The molecule has 0 spiro atoms. The minimum atomic E-state index is 0.338. The van der Waals surface area contributed by atoms with Gasteiger partial charge in [-0.1, -0.05) is 6.92 Å². The predicted molar refractivity (Wildman–Crippen MR) is 66.0 cm³/mol. The quantitative estimate of drug-likeness (QED) is 0.791. The lowest BCUT2D eigenvalue weighted by Crippen LogP contribution is -2.00. The fourth-order valence-electron chi connectivity index (χ4n) is 1.89. The zero-order chi connectivity index (χ0) is 11.0. The third kappa shape index (κ3) is 2.02. The number of thioether (sulfide) groups is 1. The van der Waals surface area contributed by atoms with Gasteiger partial charge >= 0.3 is 0 Å². The molecule has 0 saturated heterocycles. The first kappa shape index (κ1) is 10.6. The Balaban J connectivity index is 2.45. The van der Waals surface area contributed by atoms with E-state index < -0.39 is 0 Å². The second-order valence-corrected chi connectivity index (χ2v) is 5.46. The number of phenols is 1. The van der Waals surface area contributed by atoms with Gasteiger partial charge in [-0.3, -0.25) is 4.99 Å². The Morgan fingerprint density at radius 1 is 1.33 bits per heavy atom. The van der Waals surface area contributed by atoms with Crippen molar-refractivity contribution in [3.05, 3.63) is 28.8 Å². The van der Waals surface area contributed by atoms with E-state index in [1.807, 2.05) is 25.6 Å². The molecule has 80 valence electrons. The first-order chi connectivity index (χ1) is 7.08. The maximum atomic E-state index is 9.47. The topological polar surface area (TPSA) is 32.6 Å². The fraction of sp³-hybridized carbons (Fsp3) is 0.417. The average Bonchev–Trinajstić information content (AvgIpc) is 2.49. The predicted octanol–water partition coefficient (Wildman–Crippen LogP) is 2.89. The Morgan fingerprint density at radius 3 is 2.40 bits per heavy atom. The second-order valence-electron chi connectivity index (χ2n) is 4.03. The van der Waals surface area contributed by atoms with Crippen LogP contribution in [-0.4, -0.2) is 21.9 Å². The highest BCUT2D eigenvalue weighted by Gasteiger charge is 2.19. The van der Waals surface area contributed by atoms with Crippen molar-refractivity contribution in [1.29, 1.82) is 0 Å². The van der Waals surface area contributed by atoms with Gasteiger partial charge in [-0.05, 0) is 37.1 Å². The summed E-state index contributed by atoms with van der Waals surface area (Å²) in [5.74, 6) is 0.338. The van der Waals surface area contributed by atoms with E-state index in [4.69, 9.17) is 0 Å². The van der Waals surface area contributed by atoms with Crippen molar-refractivity contribution in [2.24, 2.45) is 4.99 Å². The lowest BCUT2D eigenvalue weighted by Gasteiger charge is -2.10. The Kier molecular flexibility index (Phi) is 2.74. The number of aryl methyl sites for hydroxylation is 2. The molecule has 0 aromatic heterocycles. The molecule has 1 aromatic rings. The fourth-order valence-corrected chi connectivity index (χ4v) is 3.01. The van der Waals surface area contributed by atoms with Gasteiger partial charge in [0.25, 0.3) is 0 Å². The zero-order valence-corrected chi connectivity index (χ0v) is 10.1. The number of rotatable bonds is 1. The molecule has 15 heavy (non-hydrogen) atoms. The summed E-state index contributed by atoms with van der Waals surface area (Å²) < 4.78 is 0. The minimum absolute atomic E-state index is 0.338. The summed E-state index contributed by atoms with van der Waals surface area (Å²) in [5.41, 5.74) is 3.41. The van der Waals surface area contributed by atoms with Gasteiger partial charge in [-0.15, -0.1) is 11.8 Å². The van der Waals surface area contributed by atoms with Gasteiger partial charge in [0.05, 0.1) is 11.6 Å². The Bertz CT molecular complexity index is 403. The summed E-state index contributed by atoms with van der Waals surface area (Å²) in [4.78, 5) is 4.54. The van der Waals surface area contributed by atoms with Crippen LogP contribution in [0.2, 0.25) is 0 Å². The molecule has 1 aliphatic rings. The van der Waals surface area contributed by atoms with Crippen LogP contribution in [0.1, 0.15) is 23.6 Å². The van der Waals surface area contributed by atoms with Crippen LogP contribution in [-0.2, 0) is 0 Å². The summed E-state index contributed by atoms with van der Waals surface area (Å²) in [6, 6.07) is 3.60. The molecule has 1 heterocycles. The van der Waals surface area contributed by atoms with Crippen molar-refractivity contribution in [2.75, 3.05) is 6.54 Å². The van der Waals surface area contributed by atoms with Gasteiger partial charge in [0.1, 0.15) is 5.75 Å². The normalized spacial score (nSPS) is 20.5. The zero-order valence-electron chi connectivity index (χ0n) is 9.24. The minimum Gasteiger partial charge on any atom is -0.508 e. The van der Waals surface area contributed by atoms with E-state index in [0.717, 1.165) is 22.7 Å². The maximum Gasteiger partial charge on any atom is 0.116 e. The largest absolute Gasteiger partial charge is 0.508 e. The van der Waals surface area contributed by atoms with E-state index in [2.05, 4.69) is 11.9 Å². The Hall–Kier alpha value is -0.960. The van der Waals surface area contributed by atoms with Crippen LogP contribution in [0, 0.1) is 13.8 Å². The van der Waals surface area contributed by atoms with Crippen LogP contribution in [0.25, 0.3) is 0 Å². The third-order valence-corrected chi connectivity index (χ3v) is 3.64. The third-order valence-electron chi connectivity index (χ3n) is 2.54. The molecule has 1 unspecified atom stereocenters. The molecule has 2 rings (SSSR count). The molecule has 0 radical (unpaired) electrons. The molecule has 0 bridgehead atoms. The van der Waals surface area contributed by atoms with Crippen molar-refractivity contribution in [3.8, 4) is 5.75 Å². The van der Waals surface area contributed by atoms with Crippen LogP contribution in [0.5, 0.6) is 5.75 Å². The number of benzene rings is 1. The monoisotopic (exact) mass is 221 g/mol. The van der Waals surface area contributed by atoms with Gasteiger partial charge in [0, 0.05) is 10.8 Å². The summed E-state index contributed by atoms with van der Waals surface area (Å²) in [5, 5.41) is 11.2. The number of hydrogen-bond acceptors (Lipinski definition) is 3. The van der Waals surface area contributed by atoms with Crippen LogP contribution in [0.4, 0.5) is 0 Å². The number of phenolic OH excluding ortho intramolecular Hbond substituents is 1. The van der Waals surface area contributed by atoms with Crippen LogP contribution >= 0.6 is 11.8 Å². The van der Waals surface area contributed by atoms with Gasteiger partial charge < -0.3 is 5.11 Å². The smallest absolute Gasteiger partial charge is 0.116 e. The average molecular weight is 221 g/mol.